The molecule has 5 rings (SSSR count). The van der Waals surface area contributed by atoms with Crippen LogP contribution in [-0.2, 0) is 0 Å². The number of ether oxygens (including phenoxy) is 6. The second-order valence-corrected chi connectivity index (χ2v) is 22.3. The van der Waals surface area contributed by atoms with Crippen LogP contribution in [0.3, 0.4) is 0 Å². The van der Waals surface area contributed by atoms with Gasteiger partial charge in [-0.25, -0.2) is 0 Å². The molecule has 20 N–H and O–H groups in total. The average molecular weight is 1260 g/mol. The number of likely N-dealkylation sites (N-methyl/N-ethyl adjacent to an activating group) is 2. The molecule has 2 fully saturated rings. The number of nitrogens with zero attached hydrogens (tertiary/aromatic N) is 6. The number of guanidine groups is 4. The Morgan fingerprint density at radius 3 is 0.967 bits per heavy atom. The van der Waals surface area contributed by atoms with Gasteiger partial charge in [-0.05, 0) is 110 Å². The van der Waals surface area contributed by atoms with E-state index < -0.39 is 23.6 Å². The Hall–Kier alpha value is -9.32. The maximum Gasteiger partial charge on any atom is 0.255 e. The van der Waals surface area contributed by atoms with E-state index in [1.807, 2.05) is 38.0 Å². The summed E-state index contributed by atoms with van der Waals surface area (Å²) in [6.45, 7) is 2.12. The van der Waals surface area contributed by atoms with Crippen molar-refractivity contribution in [3.8, 4) is 34.5 Å². The molecule has 30 heteroatoms. The standard InChI is InChI=1S/C60H92N18O12/c1-77(2)21-15-69-53(81)41-30-43(51(89-25-19-73-59(65)66)33-49(41)87-23-17-71-57(61)62)55(83)75-37-11-7-35(8-12-37)27-45(79)39-29-40(48(86-6)32-47(39)85-5)46(80)28-36-9-13-38(14-10-36)76-56(84)44-31-42(54(82)70-16-22-78(3)4)50(88-24-18-72-58(63)64)34-52(44)90-26-20-74-60(67)68/h29-38H,7-28H2,1-6H3,(H,69,81)(H,70,82)(H,75,83)(H,76,84)(H4,61,62,71)(H4,63,64,72)(H4,65,66,73)(H4,67,68,74). The second kappa shape index (κ2) is 36.2. The fourth-order valence-corrected chi connectivity index (χ4v) is 10.2. The molecule has 0 aliphatic heterocycles. The lowest BCUT2D eigenvalue weighted by atomic mass is 9.81. The zero-order valence-electron chi connectivity index (χ0n) is 52.5. The van der Waals surface area contributed by atoms with Crippen LogP contribution in [0.5, 0.6) is 34.5 Å². The first-order chi connectivity index (χ1) is 43.0. The van der Waals surface area contributed by atoms with E-state index in [1.165, 1.54) is 38.5 Å². The number of rotatable bonds is 36. The van der Waals surface area contributed by atoms with Gasteiger partial charge in [-0.1, -0.05) is 0 Å². The molecule has 0 aromatic heterocycles. The van der Waals surface area contributed by atoms with E-state index >= 15 is 0 Å². The van der Waals surface area contributed by atoms with Gasteiger partial charge in [0.15, 0.2) is 35.4 Å². The lowest BCUT2D eigenvalue weighted by Gasteiger charge is -2.29. The van der Waals surface area contributed by atoms with Crippen LogP contribution < -0.4 is 95.6 Å². The normalized spacial score (nSPS) is 16.1. The summed E-state index contributed by atoms with van der Waals surface area (Å²) >= 11 is 0. The molecule has 30 nitrogen and oxygen atoms in total. The Labute approximate surface area is 525 Å². The minimum Gasteiger partial charge on any atom is -0.496 e. The van der Waals surface area contributed by atoms with E-state index in [0.717, 1.165) is 0 Å². The zero-order valence-corrected chi connectivity index (χ0v) is 52.5. The van der Waals surface area contributed by atoms with Crippen LogP contribution >= 0.6 is 0 Å². The first-order valence-electron chi connectivity index (χ1n) is 29.8. The van der Waals surface area contributed by atoms with Gasteiger partial charge in [0.2, 0.25) is 0 Å². The predicted octanol–water partition coefficient (Wildman–Crippen LogP) is 0.0186. The maximum atomic E-state index is 14.3. The molecule has 0 unspecified atom stereocenters. The Morgan fingerprint density at radius 2 is 0.689 bits per heavy atom. The summed E-state index contributed by atoms with van der Waals surface area (Å²) in [5.74, 6) is -1.94. The molecule has 3 aromatic rings. The topological polar surface area (TPSA) is 470 Å². The van der Waals surface area contributed by atoms with Crippen molar-refractivity contribution < 1.29 is 57.2 Å². The van der Waals surface area contributed by atoms with Crippen LogP contribution in [0.25, 0.3) is 0 Å². The minimum atomic E-state index is -0.491. The minimum absolute atomic E-state index is 0.00713. The third kappa shape index (κ3) is 23.3. The number of nitrogens with two attached hydrogens (primary N) is 8. The third-order valence-electron chi connectivity index (χ3n) is 14.8. The second-order valence-electron chi connectivity index (χ2n) is 22.3. The lowest BCUT2D eigenvalue weighted by molar-refractivity contribution is 0.0889. The highest BCUT2D eigenvalue weighted by Gasteiger charge is 2.32. The first-order valence-corrected chi connectivity index (χ1v) is 29.8. The van der Waals surface area contributed by atoms with E-state index in [-0.39, 0.29) is 193 Å². The molecule has 3 aromatic carbocycles. The largest absolute Gasteiger partial charge is 0.496 e. The van der Waals surface area contributed by atoms with Crippen molar-refractivity contribution in [2.75, 3.05) is 121 Å². The van der Waals surface area contributed by atoms with Gasteiger partial charge < -0.3 is 105 Å². The van der Waals surface area contributed by atoms with Crippen molar-refractivity contribution in [2.45, 2.75) is 76.3 Å². The maximum absolute atomic E-state index is 14.3. The highest BCUT2D eigenvalue weighted by Crippen LogP contribution is 2.38. The summed E-state index contributed by atoms with van der Waals surface area (Å²) in [5, 5.41) is 12.0. The first kappa shape index (κ1) is 71.4. The summed E-state index contributed by atoms with van der Waals surface area (Å²) in [6.07, 6.45) is 4.90. The van der Waals surface area contributed by atoms with Crippen LogP contribution in [0.2, 0.25) is 0 Å². The van der Waals surface area contributed by atoms with Crippen LogP contribution in [-0.4, -0.2) is 202 Å². The smallest absolute Gasteiger partial charge is 0.255 e. The van der Waals surface area contributed by atoms with E-state index in [1.54, 1.807) is 12.1 Å². The number of Topliss-reactive ketones (excluding diaryl/α,β-unsaturated/α-hetero) is 2. The van der Waals surface area contributed by atoms with Crippen LogP contribution in [0.4, 0.5) is 0 Å². The molecule has 0 radical (unpaired) electrons. The third-order valence-corrected chi connectivity index (χ3v) is 14.8. The Kier molecular flexibility index (Phi) is 28.8. The van der Waals surface area contributed by atoms with Gasteiger partial charge >= 0.3 is 0 Å². The van der Waals surface area contributed by atoms with E-state index in [9.17, 15) is 28.8 Å². The number of carbonyl (C=O) groups excluding carboxylic acids is 6. The van der Waals surface area contributed by atoms with E-state index in [0.29, 0.717) is 77.5 Å². The fraction of sp³-hybridized carbons (Fsp3) is 0.533. The molecule has 2 aliphatic carbocycles. The number of carbonyl (C=O) groups is 6. The summed E-state index contributed by atoms with van der Waals surface area (Å²) in [4.78, 5) is 104. The van der Waals surface area contributed by atoms with Crippen molar-refractivity contribution >= 4 is 59.0 Å². The molecule has 2 aliphatic rings. The highest BCUT2D eigenvalue weighted by atomic mass is 16.5. The monoisotopic (exact) mass is 1260 g/mol. The molecule has 2 saturated carbocycles. The van der Waals surface area contributed by atoms with Gasteiger partial charge in [0.1, 0.15) is 60.9 Å². The summed E-state index contributed by atoms with van der Waals surface area (Å²) in [7, 11) is 10.4. The van der Waals surface area contributed by atoms with Crippen molar-refractivity contribution in [2.24, 2.45) is 77.7 Å². The number of methoxy groups -OCH3 is 2. The lowest BCUT2D eigenvalue weighted by Crippen LogP contribution is -2.38. The number of hydrogen-bond acceptors (Lipinski definition) is 18. The van der Waals surface area contributed by atoms with Gasteiger partial charge in [0.25, 0.3) is 23.6 Å². The molecule has 0 spiro atoms. The van der Waals surface area contributed by atoms with Crippen LogP contribution in [0.1, 0.15) is 126 Å². The molecule has 494 valence electrons. The quantitative estimate of drug-likeness (QED) is 0.0158. The number of ketones is 2. The van der Waals surface area contributed by atoms with Crippen molar-refractivity contribution in [1.82, 2.24) is 31.1 Å². The van der Waals surface area contributed by atoms with Gasteiger partial charge in [-0.2, -0.15) is 0 Å². The van der Waals surface area contributed by atoms with Crippen LogP contribution in [0, 0.1) is 11.8 Å². The fourth-order valence-electron chi connectivity index (χ4n) is 10.2. The van der Waals surface area contributed by atoms with Crippen molar-refractivity contribution in [3.05, 3.63) is 69.8 Å². The number of hydrogen-bond donors (Lipinski definition) is 12. The van der Waals surface area contributed by atoms with Gasteiger partial charge in [0.05, 0.1) is 73.8 Å². The van der Waals surface area contributed by atoms with Gasteiger partial charge in [-0.15, -0.1) is 0 Å². The molecule has 0 heterocycles. The molecule has 4 amide bonds. The molecule has 0 bridgehead atoms. The van der Waals surface area contributed by atoms with Crippen LogP contribution in [0.15, 0.2) is 56.4 Å². The van der Waals surface area contributed by atoms with Crippen molar-refractivity contribution in [3.63, 3.8) is 0 Å². The number of benzene rings is 3. The summed E-state index contributed by atoms with van der Waals surface area (Å²) in [6, 6.07) is 8.34. The SMILES string of the molecule is COc1cc(OC)c(C(=O)CC2CCC(NC(=O)c3cc(C(=O)NCCN(C)C)c(OCCN=C(N)N)cc3OCCN=C(N)N)CC2)cc1C(=O)CC1CCC(NC(=O)c2cc(C(=O)NCCN(C)C)c(OCCN=C(N)N)cc2OCCN=C(N)N)CC1. The van der Waals surface area contributed by atoms with Gasteiger partial charge in [0, 0.05) is 69.3 Å². The number of aliphatic imine (C=N–C) groups is 4. The highest BCUT2D eigenvalue weighted by molar-refractivity contribution is 6.06. The Morgan fingerprint density at radius 1 is 0.411 bits per heavy atom. The molecule has 0 atom stereocenters. The van der Waals surface area contributed by atoms with Gasteiger partial charge in [-0.3, -0.25) is 48.7 Å². The zero-order chi connectivity index (χ0) is 65.9. The molecular formula is C60H92N18O12. The van der Waals surface area contributed by atoms with E-state index in [2.05, 4.69) is 41.2 Å². The summed E-state index contributed by atoms with van der Waals surface area (Å²) in [5.41, 5.74) is 45.0. The molecule has 90 heavy (non-hydrogen) atoms. The average Bonchev–Trinajstić information content (AvgIpc) is 1.03. The Balaban J connectivity index is 1.25. The number of nitrogens with one attached hydrogen (secondary N) is 4. The van der Waals surface area contributed by atoms with E-state index in [4.69, 9.17) is 74.3 Å². The summed E-state index contributed by atoms with van der Waals surface area (Å²) < 4.78 is 35.4. The predicted molar refractivity (Wildman–Crippen MR) is 343 cm³/mol. The number of amides is 4. The van der Waals surface area contributed by atoms with Crippen molar-refractivity contribution in [1.29, 1.82) is 0 Å². The molecule has 0 saturated heterocycles. The Bertz CT molecular complexity index is 2850. The molecular weight excluding hydrogens is 1160 g/mol.